The number of hydrogen-bond acceptors (Lipinski definition) is 8. The Hall–Kier alpha value is -3.08. The Bertz CT molecular complexity index is 1720. The van der Waals surface area contributed by atoms with Crippen LogP contribution < -0.4 is 9.64 Å². The molecule has 2 unspecified atom stereocenters. The molecule has 3 aromatic carbocycles. The number of hydrogen-bond donors (Lipinski definition) is 1. The Morgan fingerprint density at radius 1 is 1.05 bits per heavy atom. The van der Waals surface area contributed by atoms with Crippen LogP contribution >= 0.6 is 57.9 Å². The van der Waals surface area contributed by atoms with Crippen LogP contribution in [0.25, 0.3) is 5.76 Å². The molecule has 1 fully saturated rings. The predicted molar refractivity (Wildman–Crippen MR) is 162 cm³/mol. The molecule has 0 radical (unpaired) electrons. The number of fused-ring (bicyclic) bond motifs is 1. The van der Waals surface area contributed by atoms with Crippen LogP contribution in [0.1, 0.15) is 35.2 Å². The van der Waals surface area contributed by atoms with Crippen LogP contribution in [-0.4, -0.2) is 33.1 Å². The molecule has 41 heavy (non-hydrogen) atoms. The van der Waals surface area contributed by atoms with Crippen molar-refractivity contribution in [3.63, 3.8) is 0 Å². The summed E-state index contributed by atoms with van der Waals surface area (Å²) in [4.78, 5) is 28.3. The number of thioether (sulfide) groups is 1. The molecule has 12 heteroatoms. The van der Waals surface area contributed by atoms with Gasteiger partial charge in [0, 0.05) is 22.8 Å². The van der Waals surface area contributed by atoms with Crippen LogP contribution in [0.4, 0.5) is 5.13 Å². The van der Waals surface area contributed by atoms with Crippen molar-refractivity contribution >= 4 is 80.5 Å². The van der Waals surface area contributed by atoms with Crippen LogP contribution in [0.2, 0.25) is 15.1 Å². The van der Waals surface area contributed by atoms with Gasteiger partial charge >= 0.3 is 5.91 Å². The SMILES string of the molecule is CC1Cc2cc(/C(O)=C3\C(=O)C(=O)N(c4nnc(SCc5ccc(Cl)cc5)s4)C3c3ccc(Cl)c(Cl)c3)ccc2O1. The van der Waals surface area contributed by atoms with E-state index in [1.54, 1.807) is 36.4 Å². The molecule has 1 amide bonds. The van der Waals surface area contributed by atoms with Crippen molar-refractivity contribution < 1.29 is 19.4 Å². The van der Waals surface area contributed by atoms with E-state index in [-0.39, 0.29) is 27.6 Å². The fraction of sp³-hybridized carbons (Fsp3) is 0.172. The molecule has 7 nitrogen and oxygen atoms in total. The summed E-state index contributed by atoms with van der Waals surface area (Å²) >= 11 is 21.1. The highest BCUT2D eigenvalue weighted by Gasteiger charge is 2.48. The van der Waals surface area contributed by atoms with Gasteiger partial charge in [0.1, 0.15) is 17.6 Å². The summed E-state index contributed by atoms with van der Waals surface area (Å²) in [6, 6.07) is 16.5. The number of amides is 1. The fourth-order valence-electron chi connectivity index (χ4n) is 4.84. The van der Waals surface area contributed by atoms with E-state index in [1.807, 2.05) is 31.2 Å². The van der Waals surface area contributed by atoms with E-state index in [0.29, 0.717) is 37.7 Å². The van der Waals surface area contributed by atoms with Crippen molar-refractivity contribution in [3.8, 4) is 5.75 Å². The Balaban J connectivity index is 1.40. The lowest BCUT2D eigenvalue weighted by Crippen LogP contribution is -2.29. The number of carbonyl (C=O) groups excluding carboxylic acids is 2. The molecule has 1 N–H and O–H groups in total. The van der Waals surface area contributed by atoms with E-state index in [9.17, 15) is 14.7 Å². The maximum atomic E-state index is 13.5. The van der Waals surface area contributed by atoms with Gasteiger partial charge in [0.15, 0.2) is 4.34 Å². The molecule has 0 spiro atoms. The molecule has 208 valence electrons. The normalized spacial score (nSPS) is 19.5. The summed E-state index contributed by atoms with van der Waals surface area (Å²) in [5.74, 6) is -0.624. The molecule has 3 heterocycles. The quantitative estimate of drug-likeness (QED) is 0.0755. The number of Topliss-reactive ketones (excluding diaryl/α,β-unsaturated/α-hetero) is 1. The van der Waals surface area contributed by atoms with E-state index in [1.165, 1.54) is 28.0 Å². The van der Waals surface area contributed by atoms with Crippen LogP contribution in [-0.2, 0) is 21.8 Å². The highest BCUT2D eigenvalue weighted by Crippen LogP contribution is 2.45. The van der Waals surface area contributed by atoms with E-state index < -0.39 is 17.7 Å². The number of halogens is 3. The van der Waals surface area contributed by atoms with Gasteiger partial charge in [-0.15, -0.1) is 10.2 Å². The third-order valence-electron chi connectivity index (χ3n) is 6.75. The van der Waals surface area contributed by atoms with Crippen LogP contribution in [0.3, 0.4) is 0 Å². The lowest BCUT2D eigenvalue weighted by Gasteiger charge is -2.23. The van der Waals surface area contributed by atoms with Gasteiger partial charge in [0.2, 0.25) is 5.13 Å². The highest BCUT2D eigenvalue weighted by molar-refractivity contribution is 8.00. The minimum absolute atomic E-state index is 0.00773. The molecular formula is C29H20Cl3N3O4S2. The molecule has 0 saturated carbocycles. The third kappa shape index (κ3) is 5.45. The molecule has 6 rings (SSSR count). The van der Waals surface area contributed by atoms with Gasteiger partial charge in [0.05, 0.1) is 21.7 Å². The molecule has 2 atom stereocenters. The zero-order valence-corrected chi connectivity index (χ0v) is 25.2. The number of anilines is 1. The molecule has 4 aromatic rings. The van der Waals surface area contributed by atoms with Crippen molar-refractivity contribution in [2.45, 2.75) is 35.6 Å². The van der Waals surface area contributed by atoms with Gasteiger partial charge in [-0.2, -0.15) is 0 Å². The Morgan fingerprint density at radius 2 is 1.83 bits per heavy atom. The number of ketones is 1. The summed E-state index contributed by atoms with van der Waals surface area (Å²) in [7, 11) is 0. The monoisotopic (exact) mass is 643 g/mol. The maximum absolute atomic E-state index is 13.5. The first-order chi connectivity index (χ1) is 19.7. The second-order valence-electron chi connectivity index (χ2n) is 9.56. The molecule has 0 bridgehead atoms. The predicted octanol–water partition coefficient (Wildman–Crippen LogP) is 7.74. The lowest BCUT2D eigenvalue weighted by molar-refractivity contribution is -0.132. The van der Waals surface area contributed by atoms with Crippen molar-refractivity contribution in [2.75, 3.05) is 4.90 Å². The van der Waals surface area contributed by atoms with Crippen molar-refractivity contribution in [2.24, 2.45) is 0 Å². The molecule has 2 aliphatic heterocycles. The second-order valence-corrected chi connectivity index (χ2v) is 13.0. The topological polar surface area (TPSA) is 92.6 Å². The zero-order valence-electron chi connectivity index (χ0n) is 21.3. The molecule has 0 aliphatic carbocycles. The van der Waals surface area contributed by atoms with Gasteiger partial charge in [-0.05, 0) is 66.1 Å². The number of benzene rings is 3. The van der Waals surface area contributed by atoms with Crippen molar-refractivity contribution in [3.05, 3.63) is 104 Å². The van der Waals surface area contributed by atoms with E-state index in [2.05, 4.69) is 10.2 Å². The Kier molecular flexibility index (Phi) is 7.74. The van der Waals surface area contributed by atoms with Gasteiger partial charge < -0.3 is 9.84 Å². The summed E-state index contributed by atoms with van der Waals surface area (Å²) < 4.78 is 6.38. The van der Waals surface area contributed by atoms with Crippen LogP contribution in [0, 0.1) is 0 Å². The van der Waals surface area contributed by atoms with Gasteiger partial charge in [-0.25, -0.2) is 0 Å². The molecular weight excluding hydrogens is 625 g/mol. The highest BCUT2D eigenvalue weighted by atomic mass is 35.5. The van der Waals surface area contributed by atoms with Gasteiger partial charge in [-0.3, -0.25) is 14.5 Å². The molecule has 2 aliphatic rings. The molecule has 1 saturated heterocycles. The summed E-state index contributed by atoms with van der Waals surface area (Å²) in [6.45, 7) is 1.96. The second kappa shape index (κ2) is 11.3. The Labute approximate surface area is 258 Å². The average molecular weight is 645 g/mol. The van der Waals surface area contributed by atoms with Gasteiger partial charge in [-0.1, -0.05) is 76.1 Å². The number of aliphatic hydroxyl groups excluding tert-OH is 1. The number of aliphatic hydroxyl groups is 1. The first-order valence-corrected chi connectivity index (χ1v) is 15.4. The standard InChI is InChI=1S/C29H20Cl3N3O4S2/c1-14-10-18-11-17(5-9-22(18)39-14)25(36)23-24(16-4-8-20(31)21(32)12-16)35(27(38)26(23)37)28-33-34-29(41-28)40-13-15-2-6-19(30)7-3-15/h2-9,11-12,14,24,36H,10,13H2,1H3/b25-23+. The first-order valence-electron chi connectivity index (χ1n) is 12.5. The average Bonchev–Trinajstić information content (AvgIpc) is 3.64. The summed E-state index contributed by atoms with van der Waals surface area (Å²) in [5, 5.41) is 21.4. The van der Waals surface area contributed by atoms with Crippen LogP contribution in [0.15, 0.2) is 70.6 Å². The largest absolute Gasteiger partial charge is 0.507 e. The number of nitrogens with zero attached hydrogens (tertiary/aromatic N) is 3. The van der Waals surface area contributed by atoms with E-state index >= 15 is 0 Å². The minimum atomic E-state index is -1.00. The Morgan fingerprint density at radius 3 is 2.59 bits per heavy atom. The summed E-state index contributed by atoms with van der Waals surface area (Å²) in [6.07, 6.45) is 0.677. The smallest absolute Gasteiger partial charge is 0.301 e. The van der Waals surface area contributed by atoms with Crippen LogP contribution in [0.5, 0.6) is 5.75 Å². The van der Waals surface area contributed by atoms with Gasteiger partial charge in [0.25, 0.3) is 5.78 Å². The minimum Gasteiger partial charge on any atom is -0.507 e. The zero-order chi connectivity index (χ0) is 28.8. The molecule has 1 aromatic heterocycles. The van der Waals surface area contributed by atoms with E-state index in [0.717, 1.165) is 16.9 Å². The number of rotatable bonds is 6. The first kappa shape index (κ1) is 28.1. The third-order valence-corrected chi connectivity index (χ3v) is 9.87. The number of carbonyl (C=O) groups is 2. The number of aromatic nitrogens is 2. The van der Waals surface area contributed by atoms with E-state index in [4.69, 9.17) is 39.5 Å². The maximum Gasteiger partial charge on any atom is 0.301 e. The lowest BCUT2D eigenvalue weighted by atomic mass is 9.94. The van der Waals surface area contributed by atoms with Crippen molar-refractivity contribution in [1.82, 2.24) is 10.2 Å². The van der Waals surface area contributed by atoms with Crippen molar-refractivity contribution in [1.29, 1.82) is 0 Å². The summed E-state index contributed by atoms with van der Waals surface area (Å²) in [5.41, 5.74) is 2.77. The fourth-order valence-corrected chi connectivity index (χ4v) is 7.09. The number of ether oxygens (including phenoxy) is 1.